The van der Waals surface area contributed by atoms with E-state index < -0.39 is 10.9 Å². The number of hydrogen-bond acceptors (Lipinski definition) is 4. The van der Waals surface area contributed by atoms with Crippen molar-refractivity contribution in [2.45, 2.75) is 45.1 Å². The zero-order valence-electron chi connectivity index (χ0n) is 12.0. The van der Waals surface area contributed by atoms with Crippen LogP contribution in [0.25, 0.3) is 0 Å². The molecule has 1 fully saturated rings. The minimum atomic E-state index is -1.28. The van der Waals surface area contributed by atoms with Crippen molar-refractivity contribution in [3.63, 3.8) is 0 Å². The van der Waals surface area contributed by atoms with Gasteiger partial charge in [0.25, 0.3) is 5.69 Å². The quantitative estimate of drug-likeness (QED) is 0.501. The molecule has 1 saturated carbocycles. The van der Waals surface area contributed by atoms with Crippen molar-refractivity contribution < 1.29 is 14.8 Å². The first kappa shape index (κ1) is 15.3. The molecule has 2 N–H and O–H groups in total. The standard InChI is InChI=1S/C15H20N2O4/c1-10-3-2-4-11(6-5-10)16-12-7-8-13(15(18)19)14(9-12)17(20)21/h7-11,16H,2-6H2,1H3,(H,18,19). The Bertz CT molecular complexity index is 544. The number of benzene rings is 1. The zero-order chi connectivity index (χ0) is 15.4. The number of carboxylic acids is 1. The summed E-state index contributed by atoms with van der Waals surface area (Å²) in [6.45, 7) is 2.24. The third-order valence-electron chi connectivity index (χ3n) is 4.05. The Hall–Kier alpha value is -2.11. The Morgan fingerprint density at radius 1 is 1.33 bits per heavy atom. The van der Waals surface area contributed by atoms with Gasteiger partial charge in [-0.3, -0.25) is 10.1 Å². The fourth-order valence-electron chi connectivity index (χ4n) is 2.82. The molecule has 6 heteroatoms. The van der Waals surface area contributed by atoms with Crippen LogP contribution >= 0.6 is 0 Å². The fraction of sp³-hybridized carbons (Fsp3) is 0.533. The van der Waals surface area contributed by atoms with Crippen LogP contribution in [-0.2, 0) is 0 Å². The maximum Gasteiger partial charge on any atom is 0.342 e. The van der Waals surface area contributed by atoms with E-state index in [2.05, 4.69) is 12.2 Å². The Balaban J connectivity index is 2.15. The van der Waals surface area contributed by atoms with E-state index in [1.54, 1.807) is 6.07 Å². The van der Waals surface area contributed by atoms with Crippen molar-refractivity contribution >= 4 is 17.3 Å². The molecule has 114 valence electrons. The summed E-state index contributed by atoms with van der Waals surface area (Å²) in [5, 5.41) is 23.3. The van der Waals surface area contributed by atoms with Crippen LogP contribution in [0.4, 0.5) is 11.4 Å². The van der Waals surface area contributed by atoms with Crippen molar-refractivity contribution in [3.8, 4) is 0 Å². The highest BCUT2D eigenvalue weighted by Crippen LogP contribution is 2.28. The molecular weight excluding hydrogens is 272 g/mol. The van der Waals surface area contributed by atoms with Gasteiger partial charge in [-0.05, 0) is 37.3 Å². The molecule has 1 aromatic carbocycles. The molecule has 0 aliphatic heterocycles. The largest absolute Gasteiger partial charge is 0.477 e. The molecule has 21 heavy (non-hydrogen) atoms. The lowest BCUT2D eigenvalue weighted by Crippen LogP contribution is -2.18. The van der Waals surface area contributed by atoms with Crippen molar-refractivity contribution in [2.24, 2.45) is 5.92 Å². The predicted molar refractivity (Wildman–Crippen MR) is 79.7 cm³/mol. The van der Waals surface area contributed by atoms with Crippen LogP contribution in [0.2, 0.25) is 0 Å². The van der Waals surface area contributed by atoms with Crippen LogP contribution in [-0.4, -0.2) is 22.0 Å². The molecule has 1 aliphatic rings. The van der Waals surface area contributed by atoms with Crippen molar-refractivity contribution in [2.75, 3.05) is 5.32 Å². The van der Waals surface area contributed by atoms with Crippen molar-refractivity contribution in [1.29, 1.82) is 0 Å². The fourth-order valence-corrected chi connectivity index (χ4v) is 2.82. The molecule has 6 nitrogen and oxygen atoms in total. The van der Waals surface area contributed by atoms with E-state index in [-0.39, 0.29) is 11.3 Å². The summed E-state index contributed by atoms with van der Waals surface area (Å²) in [4.78, 5) is 21.3. The summed E-state index contributed by atoms with van der Waals surface area (Å²) in [5.41, 5.74) is -0.0271. The summed E-state index contributed by atoms with van der Waals surface area (Å²) in [7, 11) is 0. The lowest BCUT2D eigenvalue weighted by Gasteiger charge is -2.18. The average molecular weight is 292 g/mol. The van der Waals surface area contributed by atoms with Crippen LogP contribution in [0.3, 0.4) is 0 Å². The van der Waals surface area contributed by atoms with E-state index in [4.69, 9.17) is 5.11 Å². The number of nitrogens with zero attached hydrogens (tertiary/aromatic N) is 1. The van der Waals surface area contributed by atoms with E-state index in [0.29, 0.717) is 11.7 Å². The molecule has 2 atom stereocenters. The summed E-state index contributed by atoms with van der Waals surface area (Å²) in [5.74, 6) is -0.558. The number of carboxylic acid groups (broad SMARTS) is 1. The van der Waals surface area contributed by atoms with Gasteiger partial charge in [-0.15, -0.1) is 0 Å². The second-order valence-electron chi connectivity index (χ2n) is 5.75. The van der Waals surface area contributed by atoms with E-state index in [1.165, 1.54) is 18.6 Å². The van der Waals surface area contributed by atoms with Gasteiger partial charge >= 0.3 is 5.97 Å². The van der Waals surface area contributed by atoms with Gasteiger partial charge in [0.15, 0.2) is 0 Å². The molecule has 0 heterocycles. The van der Waals surface area contributed by atoms with Crippen LogP contribution in [0.15, 0.2) is 18.2 Å². The average Bonchev–Trinajstić information content (AvgIpc) is 2.63. The number of nitrogens with one attached hydrogen (secondary N) is 1. The molecule has 0 radical (unpaired) electrons. The molecule has 0 bridgehead atoms. The topological polar surface area (TPSA) is 92.5 Å². The summed E-state index contributed by atoms with van der Waals surface area (Å²) in [6.07, 6.45) is 5.59. The minimum Gasteiger partial charge on any atom is -0.477 e. The maximum absolute atomic E-state index is 11.0. The first-order valence-electron chi connectivity index (χ1n) is 7.25. The van der Waals surface area contributed by atoms with E-state index in [9.17, 15) is 14.9 Å². The first-order chi connectivity index (χ1) is 9.97. The molecule has 1 aromatic rings. The zero-order valence-corrected chi connectivity index (χ0v) is 12.0. The number of nitro benzene ring substituents is 1. The first-order valence-corrected chi connectivity index (χ1v) is 7.25. The number of nitro groups is 1. The molecule has 0 aromatic heterocycles. The van der Waals surface area contributed by atoms with Gasteiger partial charge in [-0.1, -0.05) is 19.8 Å². The van der Waals surface area contributed by atoms with E-state index in [0.717, 1.165) is 31.6 Å². The van der Waals surface area contributed by atoms with Crippen LogP contribution in [0, 0.1) is 16.0 Å². The summed E-state index contributed by atoms with van der Waals surface area (Å²) < 4.78 is 0. The summed E-state index contributed by atoms with van der Waals surface area (Å²) in [6, 6.07) is 4.51. The number of rotatable bonds is 4. The summed E-state index contributed by atoms with van der Waals surface area (Å²) >= 11 is 0. The van der Waals surface area contributed by atoms with Gasteiger partial charge in [-0.25, -0.2) is 4.79 Å². The monoisotopic (exact) mass is 292 g/mol. The van der Waals surface area contributed by atoms with Crippen LogP contribution in [0.1, 0.15) is 49.4 Å². The Kier molecular flexibility index (Phi) is 4.77. The number of anilines is 1. The molecule has 2 unspecified atom stereocenters. The Morgan fingerprint density at radius 2 is 2.10 bits per heavy atom. The molecular formula is C15H20N2O4. The number of hydrogen-bond donors (Lipinski definition) is 2. The van der Waals surface area contributed by atoms with Gasteiger partial charge in [0.05, 0.1) is 4.92 Å². The molecule has 0 spiro atoms. The van der Waals surface area contributed by atoms with E-state index >= 15 is 0 Å². The highest BCUT2D eigenvalue weighted by molar-refractivity contribution is 5.93. The second kappa shape index (κ2) is 6.56. The van der Waals surface area contributed by atoms with Gasteiger partial charge in [0.1, 0.15) is 5.56 Å². The van der Waals surface area contributed by atoms with E-state index in [1.807, 2.05) is 0 Å². The number of carbonyl (C=O) groups is 1. The lowest BCUT2D eigenvalue weighted by atomic mass is 10.0. The predicted octanol–water partition coefficient (Wildman–Crippen LogP) is 3.67. The molecule has 1 aliphatic carbocycles. The van der Waals surface area contributed by atoms with Gasteiger partial charge < -0.3 is 10.4 Å². The van der Waals surface area contributed by atoms with Crippen LogP contribution in [0.5, 0.6) is 0 Å². The molecule has 0 saturated heterocycles. The highest BCUT2D eigenvalue weighted by Gasteiger charge is 2.21. The maximum atomic E-state index is 11.0. The molecule has 0 amide bonds. The normalized spacial score (nSPS) is 22.3. The number of aromatic carboxylic acids is 1. The minimum absolute atomic E-state index is 0.278. The molecule has 2 rings (SSSR count). The second-order valence-corrected chi connectivity index (χ2v) is 5.75. The third kappa shape index (κ3) is 3.93. The van der Waals surface area contributed by atoms with Crippen molar-refractivity contribution in [3.05, 3.63) is 33.9 Å². The highest BCUT2D eigenvalue weighted by atomic mass is 16.6. The third-order valence-corrected chi connectivity index (χ3v) is 4.05. The smallest absolute Gasteiger partial charge is 0.342 e. The SMILES string of the molecule is CC1CCCC(Nc2ccc(C(=O)O)c([N+](=O)[O-])c2)CC1. The van der Waals surface area contributed by atoms with Gasteiger partial charge in [0, 0.05) is 17.8 Å². The van der Waals surface area contributed by atoms with Gasteiger partial charge in [0.2, 0.25) is 0 Å². The van der Waals surface area contributed by atoms with Crippen molar-refractivity contribution in [1.82, 2.24) is 0 Å². The Morgan fingerprint density at radius 3 is 2.76 bits per heavy atom. The van der Waals surface area contributed by atoms with Crippen LogP contribution < -0.4 is 5.32 Å². The lowest BCUT2D eigenvalue weighted by molar-refractivity contribution is -0.385. The Labute approximate surface area is 123 Å². The van der Waals surface area contributed by atoms with Gasteiger partial charge in [-0.2, -0.15) is 0 Å².